The standard InChI is InChI=1S/C44H83O4P/c1-3-5-7-9-11-13-15-17-19-21-23-25-27-29-31-33-35-37-39-41-43-47-49(45,46)48-44-42-40-38-36-34-32-30-28-26-24-22-20-18-16-14-12-10-8-6-4-2/h3-40H2,1-2H3,(H,45,46). The predicted octanol–water partition coefficient (Wildman–Crippen LogP) is 15.9. The molecule has 4 nitrogen and oxygen atoms in total. The summed E-state index contributed by atoms with van der Waals surface area (Å²) in [4.78, 5) is 9.74. The van der Waals surface area contributed by atoms with Crippen LogP contribution in [0, 0.1) is 24.1 Å². The van der Waals surface area contributed by atoms with Crippen LogP contribution in [-0.2, 0) is 13.6 Å². The minimum atomic E-state index is -4.23. The van der Waals surface area contributed by atoms with Crippen LogP contribution >= 0.6 is 7.82 Å². The summed E-state index contributed by atoms with van der Waals surface area (Å²) in [5.41, 5.74) is 0. The molecule has 0 spiro atoms. The lowest BCUT2D eigenvalue weighted by atomic mass is 10.0. The van der Waals surface area contributed by atoms with Crippen LogP contribution in [-0.4, -0.2) is 4.89 Å². The van der Waals surface area contributed by atoms with E-state index in [2.05, 4.69) is 37.9 Å². The van der Waals surface area contributed by atoms with Crippen molar-refractivity contribution in [3.8, 4) is 24.1 Å². The fourth-order valence-corrected chi connectivity index (χ4v) is 6.93. The normalized spacial score (nSPS) is 11.2. The van der Waals surface area contributed by atoms with E-state index in [1.54, 1.807) is 0 Å². The first-order valence-corrected chi connectivity index (χ1v) is 23.3. The summed E-state index contributed by atoms with van der Waals surface area (Å²) in [6, 6.07) is 0. The molecule has 0 unspecified atom stereocenters. The predicted molar refractivity (Wildman–Crippen MR) is 214 cm³/mol. The first kappa shape index (κ1) is 47.9. The summed E-state index contributed by atoms with van der Waals surface area (Å²) in [7, 11) is -4.23. The first-order chi connectivity index (χ1) is 24.1. The van der Waals surface area contributed by atoms with Gasteiger partial charge in [0.25, 0.3) is 0 Å². The highest BCUT2D eigenvalue weighted by Gasteiger charge is 2.21. The second-order valence-corrected chi connectivity index (χ2v) is 16.0. The van der Waals surface area contributed by atoms with Crippen LogP contribution in [0.15, 0.2) is 0 Å². The summed E-state index contributed by atoms with van der Waals surface area (Å²) >= 11 is 0. The van der Waals surface area contributed by atoms with Crippen molar-refractivity contribution in [1.29, 1.82) is 0 Å². The molecule has 0 atom stereocenters. The van der Waals surface area contributed by atoms with Gasteiger partial charge in [-0.1, -0.05) is 244 Å². The van der Waals surface area contributed by atoms with E-state index in [4.69, 9.17) is 9.05 Å². The van der Waals surface area contributed by atoms with Crippen molar-refractivity contribution >= 4 is 7.82 Å². The quantitative estimate of drug-likeness (QED) is 0.0394. The molecular formula is C44H83O4P. The van der Waals surface area contributed by atoms with Gasteiger partial charge in [0, 0.05) is 12.8 Å². The van der Waals surface area contributed by atoms with E-state index in [1.165, 1.54) is 205 Å². The Hall–Kier alpha value is -1.09. The van der Waals surface area contributed by atoms with Crippen molar-refractivity contribution in [3.05, 3.63) is 0 Å². The number of hydrogen-bond donors (Lipinski definition) is 1. The van der Waals surface area contributed by atoms with Crippen molar-refractivity contribution in [1.82, 2.24) is 0 Å². The SMILES string of the molecule is CCCCCCCCCCCCCCCCCCCCC#COP(=O)(O)OC#CCCCCCCCCCCCCCCCCCCCC. The first-order valence-electron chi connectivity index (χ1n) is 21.8. The summed E-state index contributed by atoms with van der Waals surface area (Å²) < 4.78 is 21.4. The molecule has 0 aromatic carbocycles. The third-order valence-electron chi connectivity index (χ3n) is 9.78. The summed E-state index contributed by atoms with van der Waals surface area (Å²) in [5, 5.41) is 0. The van der Waals surface area contributed by atoms with Gasteiger partial charge in [-0.05, 0) is 12.8 Å². The largest absolute Gasteiger partial charge is 0.602 e. The van der Waals surface area contributed by atoms with Gasteiger partial charge >= 0.3 is 7.82 Å². The van der Waals surface area contributed by atoms with Gasteiger partial charge in [0.15, 0.2) is 0 Å². The molecule has 0 radical (unpaired) electrons. The van der Waals surface area contributed by atoms with E-state index in [1.807, 2.05) is 0 Å². The topological polar surface area (TPSA) is 55.8 Å². The average Bonchev–Trinajstić information content (AvgIpc) is 3.09. The lowest BCUT2D eigenvalue weighted by molar-refractivity contribution is 0.263. The Kier molecular flexibility index (Phi) is 40.4. The van der Waals surface area contributed by atoms with Gasteiger partial charge in [0.05, 0.1) is 0 Å². The fraction of sp³-hybridized carbons (Fsp3) is 0.909. The van der Waals surface area contributed by atoms with Crippen LogP contribution < -0.4 is 0 Å². The van der Waals surface area contributed by atoms with Gasteiger partial charge in [0.1, 0.15) is 12.2 Å². The molecular weight excluding hydrogens is 623 g/mol. The third-order valence-corrected chi connectivity index (χ3v) is 10.4. The van der Waals surface area contributed by atoms with Crippen molar-refractivity contribution in [2.45, 2.75) is 258 Å². The number of phosphoric acid groups is 1. The second-order valence-electron chi connectivity index (χ2n) is 14.7. The molecule has 0 fully saturated rings. The maximum absolute atomic E-state index is 11.9. The molecule has 0 aliphatic carbocycles. The minimum absolute atomic E-state index is 0.670. The molecule has 1 N–H and O–H groups in total. The minimum Gasteiger partial charge on any atom is -0.341 e. The lowest BCUT2D eigenvalue weighted by Gasteiger charge is -2.03. The van der Waals surface area contributed by atoms with Crippen LogP contribution in [0.2, 0.25) is 0 Å². The number of phosphoric ester groups is 1. The molecule has 0 aliphatic heterocycles. The molecule has 0 aromatic rings. The smallest absolute Gasteiger partial charge is 0.341 e. The molecule has 0 saturated carbocycles. The molecule has 0 bridgehead atoms. The molecule has 0 amide bonds. The van der Waals surface area contributed by atoms with E-state index < -0.39 is 7.82 Å². The van der Waals surface area contributed by atoms with Crippen LogP contribution in [0.3, 0.4) is 0 Å². The van der Waals surface area contributed by atoms with Crippen molar-refractivity contribution in [3.63, 3.8) is 0 Å². The van der Waals surface area contributed by atoms with Gasteiger partial charge in [-0.2, -0.15) is 0 Å². The number of unbranched alkanes of at least 4 members (excludes halogenated alkanes) is 36. The highest BCUT2D eigenvalue weighted by Crippen LogP contribution is 2.42. The Morgan fingerprint density at radius 3 is 0.735 bits per heavy atom. The number of rotatable bonds is 38. The van der Waals surface area contributed by atoms with E-state index in [9.17, 15) is 9.46 Å². The second kappa shape index (κ2) is 41.3. The Bertz CT molecular complexity index is 756. The number of hydrogen-bond acceptors (Lipinski definition) is 3. The van der Waals surface area contributed by atoms with Crippen LogP contribution in [0.4, 0.5) is 0 Å². The van der Waals surface area contributed by atoms with Gasteiger partial charge in [-0.3, -0.25) is 4.89 Å². The van der Waals surface area contributed by atoms with Crippen LogP contribution in [0.5, 0.6) is 0 Å². The Labute approximate surface area is 307 Å². The fourth-order valence-electron chi connectivity index (χ4n) is 6.53. The average molecular weight is 707 g/mol. The van der Waals surface area contributed by atoms with Crippen LogP contribution in [0.25, 0.3) is 0 Å². The van der Waals surface area contributed by atoms with Crippen molar-refractivity contribution in [2.24, 2.45) is 0 Å². The zero-order valence-electron chi connectivity index (χ0n) is 33.0. The third kappa shape index (κ3) is 43.0. The van der Waals surface area contributed by atoms with Gasteiger partial charge in [-0.25, -0.2) is 4.57 Å². The highest BCUT2D eigenvalue weighted by molar-refractivity contribution is 7.47. The maximum atomic E-state index is 11.9. The molecule has 288 valence electrons. The molecule has 49 heavy (non-hydrogen) atoms. The summed E-state index contributed by atoms with van der Waals surface area (Å²) in [6.07, 6.45) is 54.7. The Balaban J connectivity index is 3.40. The molecule has 5 heteroatoms. The molecule has 0 aliphatic rings. The molecule has 0 saturated heterocycles. The summed E-state index contributed by atoms with van der Waals surface area (Å²) in [6.45, 7) is 4.57. The Morgan fingerprint density at radius 2 is 0.531 bits per heavy atom. The van der Waals surface area contributed by atoms with Crippen LogP contribution in [0.1, 0.15) is 258 Å². The van der Waals surface area contributed by atoms with Gasteiger partial charge in [0.2, 0.25) is 0 Å². The van der Waals surface area contributed by atoms with Crippen molar-refractivity contribution < 1.29 is 18.5 Å². The van der Waals surface area contributed by atoms with E-state index in [0.29, 0.717) is 12.8 Å². The monoisotopic (exact) mass is 707 g/mol. The van der Waals surface area contributed by atoms with Gasteiger partial charge < -0.3 is 9.05 Å². The van der Waals surface area contributed by atoms with E-state index >= 15 is 0 Å². The zero-order chi connectivity index (χ0) is 35.6. The molecule has 0 rings (SSSR count). The zero-order valence-corrected chi connectivity index (χ0v) is 33.9. The molecule has 0 heterocycles. The lowest BCUT2D eigenvalue weighted by Crippen LogP contribution is -1.85. The summed E-state index contributed by atoms with van der Waals surface area (Å²) in [5.74, 6) is 5.66. The van der Waals surface area contributed by atoms with E-state index in [0.717, 1.165) is 25.7 Å². The Morgan fingerprint density at radius 1 is 0.347 bits per heavy atom. The maximum Gasteiger partial charge on any atom is 0.602 e. The highest BCUT2D eigenvalue weighted by atomic mass is 31.2. The van der Waals surface area contributed by atoms with Gasteiger partial charge in [-0.15, -0.1) is 0 Å². The molecule has 0 aromatic heterocycles. The van der Waals surface area contributed by atoms with Crippen molar-refractivity contribution in [2.75, 3.05) is 0 Å². The van der Waals surface area contributed by atoms with E-state index in [-0.39, 0.29) is 0 Å².